The van der Waals surface area contributed by atoms with Crippen molar-refractivity contribution in [1.29, 1.82) is 0 Å². The van der Waals surface area contributed by atoms with E-state index < -0.39 is 12.5 Å². The summed E-state index contributed by atoms with van der Waals surface area (Å²) in [6.07, 6.45) is -2.13. The molecule has 15 heavy (non-hydrogen) atoms. The fraction of sp³-hybridized carbons (Fsp3) is 1.00. The average molecular weight is 222 g/mol. The molecule has 1 saturated heterocycles. The second-order valence-electron chi connectivity index (χ2n) is 5.09. The van der Waals surface area contributed by atoms with Gasteiger partial charge in [-0.25, -0.2) is 19.6 Å². The third kappa shape index (κ3) is 3.09. The van der Waals surface area contributed by atoms with Gasteiger partial charge in [0, 0.05) is 13.0 Å². The Hall–Kier alpha value is -0.260. The Morgan fingerprint density at radius 2 is 1.87 bits per heavy atom. The summed E-state index contributed by atoms with van der Waals surface area (Å²) in [5.74, 6) is 0.0720. The summed E-state index contributed by atoms with van der Waals surface area (Å²) < 4.78 is 30.4. The molecule has 0 aliphatic carbocycles. The van der Waals surface area contributed by atoms with Crippen LogP contribution >= 0.6 is 0 Å². The minimum absolute atomic E-state index is 0.0527. The van der Waals surface area contributed by atoms with Gasteiger partial charge in [0.25, 0.3) is 6.43 Å². The molecule has 0 saturated carbocycles. The van der Waals surface area contributed by atoms with Crippen molar-refractivity contribution >= 4 is 0 Å². The maximum atomic E-state index is 12.6. The van der Waals surface area contributed by atoms with Crippen molar-refractivity contribution in [3.05, 3.63) is 0 Å². The van der Waals surface area contributed by atoms with Gasteiger partial charge in [-0.1, -0.05) is 20.8 Å². The van der Waals surface area contributed by atoms with Crippen LogP contribution < -0.4 is 10.9 Å². The van der Waals surface area contributed by atoms with E-state index in [1.165, 1.54) is 0 Å². The van der Waals surface area contributed by atoms with E-state index in [-0.39, 0.29) is 17.6 Å². The zero-order chi connectivity index (χ0) is 11.6. The molecule has 3 unspecified atom stereocenters. The van der Waals surface area contributed by atoms with Crippen molar-refractivity contribution in [3.63, 3.8) is 0 Å². The number of halogens is 2. The van der Waals surface area contributed by atoms with E-state index in [0.29, 0.717) is 6.42 Å². The minimum atomic E-state index is -2.35. The highest BCUT2D eigenvalue weighted by Crippen LogP contribution is 2.35. The molecular formula is C10H20F2N2O. The SMILES string of the molecule is COC1NNC(C(F)F)CC1C(C)(C)C. The number of methoxy groups -OCH3 is 1. The number of ether oxygens (including phenoxy) is 1. The normalized spacial score (nSPS) is 33.4. The van der Waals surface area contributed by atoms with Crippen LogP contribution in [0.15, 0.2) is 0 Å². The van der Waals surface area contributed by atoms with Crippen LogP contribution in [0.5, 0.6) is 0 Å². The highest BCUT2D eigenvalue weighted by Gasteiger charge is 2.40. The van der Waals surface area contributed by atoms with E-state index in [0.717, 1.165) is 0 Å². The van der Waals surface area contributed by atoms with Crippen LogP contribution in [-0.2, 0) is 4.74 Å². The highest BCUT2D eigenvalue weighted by atomic mass is 19.3. The lowest BCUT2D eigenvalue weighted by Crippen LogP contribution is -2.61. The Labute approximate surface area is 89.5 Å². The molecule has 2 N–H and O–H groups in total. The number of rotatable bonds is 2. The van der Waals surface area contributed by atoms with Gasteiger partial charge in [-0.15, -0.1) is 0 Å². The van der Waals surface area contributed by atoms with Crippen LogP contribution in [0, 0.1) is 11.3 Å². The number of hydrazine groups is 1. The minimum Gasteiger partial charge on any atom is -0.365 e. The van der Waals surface area contributed by atoms with Gasteiger partial charge < -0.3 is 4.74 Å². The molecule has 5 heteroatoms. The highest BCUT2D eigenvalue weighted by molar-refractivity contribution is 4.88. The molecule has 0 radical (unpaired) electrons. The van der Waals surface area contributed by atoms with Crippen LogP contribution in [0.4, 0.5) is 8.78 Å². The number of alkyl halides is 2. The smallest absolute Gasteiger partial charge is 0.255 e. The molecule has 0 bridgehead atoms. The molecule has 0 spiro atoms. The summed E-state index contributed by atoms with van der Waals surface area (Å²) in [6.45, 7) is 6.12. The first-order valence-corrected chi connectivity index (χ1v) is 5.18. The largest absolute Gasteiger partial charge is 0.365 e. The summed E-state index contributed by atoms with van der Waals surface area (Å²) in [7, 11) is 1.58. The van der Waals surface area contributed by atoms with Crippen LogP contribution in [0.2, 0.25) is 0 Å². The Kier molecular flexibility index (Phi) is 4.03. The zero-order valence-corrected chi connectivity index (χ0v) is 9.68. The van der Waals surface area contributed by atoms with Crippen LogP contribution in [-0.4, -0.2) is 25.8 Å². The molecule has 1 aliphatic heterocycles. The molecule has 0 aromatic heterocycles. The summed E-state index contributed by atoms with van der Waals surface area (Å²) in [4.78, 5) is 0. The molecule has 1 fully saturated rings. The van der Waals surface area contributed by atoms with E-state index >= 15 is 0 Å². The summed E-state index contributed by atoms with van der Waals surface area (Å²) in [6, 6.07) is -0.791. The fourth-order valence-corrected chi connectivity index (χ4v) is 1.94. The molecule has 3 atom stereocenters. The van der Waals surface area contributed by atoms with Gasteiger partial charge in [-0.2, -0.15) is 0 Å². The standard InChI is InChI=1S/C10H20F2N2O/c1-10(2,3)6-5-7(8(11)12)13-14-9(6)15-4/h6-9,13-14H,5H2,1-4H3. The van der Waals surface area contributed by atoms with Crippen molar-refractivity contribution < 1.29 is 13.5 Å². The lowest BCUT2D eigenvalue weighted by atomic mass is 9.75. The molecule has 1 aliphatic rings. The van der Waals surface area contributed by atoms with E-state index in [9.17, 15) is 8.78 Å². The van der Waals surface area contributed by atoms with Crippen LogP contribution in [0.25, 0.3) is 0 Å². The maximum absolute atomic E-state index is 12.6. The lowest BCUT2D eigenvalue weighted by Gasteiger charge is -2.43. The van der Waals surface area contributed by atoms with Crippen molar-refractivity contribution in [1.82, 2.24) is 10.9 Å². The molecule has 0 aromatic carbocycles. The first-order chi connectivity index (χ1) is 6.86. The predicted molar refractivity (Wildman–Crippen MR) is 54.4 cm³/mol. The molecular weight excluding hydrogens is 202 g/mol. The second kappa shape index (κ2) is 4.72. The fourth-order valence-electron chi connectivity index (χ4n) is 1.94. The van der Waals surface area contributed by atoms with Crippen LogP contribution in [0.3, 0.4) is 0 Å². The summed E-state index contributed by atoms with van der Waals surface area (Å²) in [5.41, 5.74) is 5.35. The van der Waals surface area contributed by atoms with Crippen molar-refractivity contribution in [2.45, 2.75) is 45.9 Å². The number of nitrogens with one attached hydrogen (secondary N) is 2. The third-order valence-corrected chi connectivity index (χ3v) is 2.95. The summed E-state index contributed by atoms with van der Waals surface area (Å²) >= 11 is 0. The van der Waals surface area contributed by atoms with Gasteiger partial charge >= 0.3 is 0 Å². The van der Waals surface area contributed by atoms with Gasteiger partial charge in [0.05, 0.1) is 6.04 Å². The van der Waals surface area contributed by atoms with Crippen molar-refractivity contribution in [2.24, 2.45) is 11.3 Å². The first-order valence-electron chi connectivity index (χ1n) is 5.18. The molecule has 90 valence electrons. The van der Waals surface area contributed by atoms with E-state index in [1.54, 1.807) is 7.11 Å². The number of hydrogen-bond acceptors (Lipinski definition) is 3. The topological polar surface area (TPSA) is 33.3 Å². The monoisotopic (exact) mass is 222 g/mol. The van der Waals surface area contributed by atoms with Gasteiger partial charge in [-0.3, -0.25) is 0 Å². The molecule has 0 amide bonds. The molecule has 1 heterocycles. The van der Waals surface area contributed by atoms with E-state index in [4.69, 9.17) is 4.74 Å². The van der Waals surface area contributed by atoms with Gasteiger partial charge in [0.15, 0.2) is 0 Å². The Balaban J connectivity index is 2.70. The van der Waals surface area contributed by atoms with E-state index in [1.807, 2.05) is 20.8 Å². The lowest BCUT2D eigenvalue weighted by molar-refractivity contribution is -0.0800. The van der Waals surface area contributed by atoms with Gasteiger partial charge in [0.2, 0.25) is 0 Å². The summed E-state index contributed by atoms with van der Waals surface area (Å²) in [5, 5.41) is 0. The molecule has 0 aromatic rings. The molecule has 3 nitrogen and oxygen atoms in total. The average Bonchev–Trinajstić information content (AvgIpc) is 2.15. The first kappa shape index (κ1) is 12.8. The van der Waals surface area contributed by atoms with Gasteiger partial charge in [0.1, 0.15) is 6.23 Å². The molecule has 1 rings (SSSR count). The van der Waals surface area contributed by atoms with Gasteiger partial charge in [-0.05, 0) is 11.8 Å². The second-order valence-corrected chi connectivity index (χ2v) is 5.09. The predicted octanol–water partition coefficient (Wildman–Crippen LogP) is 1.75. The van der Waals surface area contributed by atoms with Crippen LogP contribution in [0.1, 0.15) is 27.2 Å². The Morgan fingerprint density at radius 1 is 1.27 bits per heavy atom. The van der Waals surface area contributed by atoms with Crippen molar-refractivity contribution in [3.8, 4) is 0 Å². The maximum Gasteiger partial charge on any atom is 0.255 e. The Bertz CT molecular complexity index is 206. The number of hydrogen-bond donors (Lipinski definition) is 2. The zero-order valence-electron chi connectivity index (χ0n) is 9.68. The third-order valence-electron chi connectivity index (χ3n) is 2.95. The Morgan fingerprint density at radius 3 is 2.27 bits per heavy atom. The van der Waals surface area contributed by atoms with E-state index in [2.05, 4.69) is 10.9 Å². The quantitative estimate of drug-likeness (QED) is 0.747. The van der Waals surface area contributed by atoms with Crippen molar-refractivity contribution in [2.75, 3.05) is 7.11 Å².